The lowest BCUT2D eigenvalue weighted by molar-refractivity contribution is -0.132. The van der Waals surface area contributed by atoms with E-state index < -0.39 is 0 Å². The number of carbonyl (C=O) groups excluding carboxylic acids is 1. The maximum atomic E-state index is 12.4. The maximum Gasteiger partial charge on any atom is 0.222 e. The highest BCUT2D eigenvalue weighted by Gasteiger charge is 2.16. The van der Waals surface area contributed by atoms with E-state index in [4.69, 9.17) is 9.47 Å². The number of methoxy groups -OCH3 is 1. The number of hydrogen-bond acceptors (Lipinski definition) is 3. The molecule has 2 aromatic carbocycles. The molecule has 0 spiro atoms. The van der Waals surface area contributed by atoms with Crippen LogP contribution in [0.5, 0.6) is 17.2 Å². The second-order valence-electron chi connectivity index (χ2n) is 7.28. The highest BCUT2D eigenvalue weighted by molar-refractivity contribution is 5.76. The van der Waals surface area contributed by atoms with E-state index in [1.807, 2.05) is 43.0 Å². The molecule has 0 aliphatic carbocycles. The lowest BCUT2D eigenvalue weighted by Crippen LogP contribution is -2.35. The van der Waals surface area contributed by atoms with E-state index in [2.05, 4.69) is 26.0 Å². The van der Waals surface area contributed by atoms with Crippen molar-refractivity contribution in [2.24, 2.45) is 0 Å². The molecule has 0 aromatic heterocycles. The first-order valence-electron chi connectivity index (χ1n) is 10.8. The lowest BCUT2D eigenvalue weighted by atomic mass is 10.0. The normalized spacial score (nSPS) is 13.3. The Bertz CT molecular complexity index is 754. The van der Waals surface area contributed by atoms with E-state index in [0.717, 1.165) is 60.7 Å². The number of amides is 1. The molecule has 0 N–H and O–H groups in total. The molecular formula is C25H35NO3. The van der Waals surface area contributed by atoms with E-state index >= 15 is 0 Å². The summed E-state index contributed by atoms with van der Waals surface area (Å²) in [6.45, 7) is 9.96. The van der Waals surface area contributed by atoms with Crippen molar-refractivity contribution in [3.63, 3.8) is 0 Å². The monoisotopic (exact) mass is 397 g/mol. The lowest BCUT2D eigenvalue weighted by Gasteiger charge is -2.26. The van der Waals surface area contributed by atoms with Crippen LogP contribution in [0.15, 0.2) is 36.4 Å². The van der Waals surface area contributed by atoms with Crippen LogP contribution in [-0.2, 0) is 11.2 Å². The number of rotatable bonds is 6. The first-order valence-corrected chi connectivity index (χ1v) is 10.8. The summed E-state index contributed by atoms with van der Waals surface area (Å²) in [5, 5.41) is 0. The van der Waals surface area contributed by atoms with E-state index in [0.29, 0.717) is 6.42 Å². The van der Waals surface area contributed by atoms with Gasteiger partial charge < -0.3 is 14.4 Å². The molecule has 0 atom stereocenters. The van der Waals surface area contributed by atoms with E-state index in [-0.39, 0.29) is 5.91 Å². The molecule has 0 saturated carbocycles. The predicted octanol–water partition coefficient (Wildman–Crippen LogP) is 6.08. The zero-order valence-electron chi connectivity index (χ0n) is 18.6. The Balaban J connectivity index is 0.00000145. The molecule has 3 rings (SSSR count). The van der Waals surface area contributed by atoms with Crippen LogP contribution < -0.4 is 9.47 Å². The first-order chi connectivity index (χ1) is 14.1. The number of carbonyl (C=O) groups is 1. The van der Waals surface area contributed by atoms with E-state index in [9.17, 15) is 4.79 Å². The van der Waals surface area contributed by atoms with Gasteiger partial charge in [-0.1, -0.05) is 26.0 Å². The summed E-state index contributed by atoms with van der Waals surface area (Å²) in [5.41, 5.74) is 3.37. The molecule has 1 amide bonds. The average molecular weight is 398 g/mol. The van der Waals surface area contributed by atoms with Crippen LogP contribution in [0.3, 0.4) is 0 Å². The molecule has 1 aliphatic heterocycles. The van der Waals surface area contributed by atoms with Gasteiger partial charge in [0.2, 0.25) is 5.91 Å². The van der Waals surface area contributed by atoms with Crippen LogP contribution in [0.1, 0.15) is 56.2 Å². The van der Waals surface area contributed by atoms with Gasteiger partial charge in [-0.05, 0) is 80.5 Å². The summed E-state index contributed by atoms with van der Waals surface area (Å²) < 4.78 is 11.3. The number of ether oxygens (including phenoxy) is 2. The summed E-state index contributed by atoms with van der Waals surface area (Å²) >= 11 is 0. The van der Waals surface area contributed by atoms with Gasteiger partial charge in [0.05, 0.1) is 7.11 Å². The molecule has 1 saturated heterocycles. The van der Waals surface area contributed by atoms with Crippen molar-refractivity contribution in [2.45, 2.75) is 59.8 Å². The number of nitrogens with zero attached hydrogens (tertiary/aromatic N) is 1. The van der Waals surface area contributed by atoms with Gasteiger partial charge in [-0.3, -0.25) is 4.79 Å². The second kappa shape index (κ2) is 11.5. The maximum absolute atomic E-state index is 12.4. The molecule has 158 valence electrons. The number of hydrogen-bond donors (Lipinski definition) is 0. The fraction of sp³-hybridized carbons (Fsp3) is 0.480. The molecule has 1 aliphatic rings. The third-order valence-corrected chi connectivity index (χ3v) is 5.14. The van der Waals surface area contributed by atoms with Crippen molar-refractivity contribution in [1.82, 2.24) is 4.90 Å². The molecule has 4 heteroatoms. The van der Waals surface area contributed by atoms with Gasteiger partial charge in [0.15, 0.2) is 0 Å². The third-order valence-electron chi connectivity index (χ3n) is 5.14. The topological polar surface area (TPSA) is 38.8 Å². The zero-order chi connectivity index (χ0) is 21.2. The first kappa shape index (κ1) is 22.8. The standard InChI is InChI=1S/C23H29NO3.C2H6/c1-17-15-19(7-12-22(25)24-13-5-4-6-14-24)16-18(2)23(17)27-21-10-8-20(26-3)9-11-21;1-2/h8-11,15-16H,4-7,12-14H2,1-3H3;1-2H3. The SMILES string of the molecule is CC.COc1ccc(Oc2c(C)cc(CCC(=O)N3CCCCC3)cc2C)cc1. The van der Waals surface area contributed by atoms with Crippen LogP contribution in [0, 0.1) is 13.8 Å². The van der Waals surface area contributed by atoms with E-state index in [1.54, 1.807) is 7.11 Å². The van der Waals surface area contributed by atoms with Gasteiger partial charge in [0, 0.05) is 19.5 Å². The molecule has 0 bridgehead atoms. The Morgan fingerprint density at radius 3 is 2.03 bits per heavy atom. The summed E-state index contributed by atoms with van der Waals surface area (Å²) in [7, 11) is 1.65. The van der Waals surface area contributed by atoms with Crippen LogP contribution in [-0.4, -0.2) is 31.0 Å². The van der Waals surface area contributed by atoms with Crippen LogP contribution >= 0.6 is 0 Å². The van der Waals surface area contributed by atoms with Gasteiger partial charge in [0.1, 0.15) is 17.2 Å². The number of likely N-dealkylation sites (tertiary alicyclic amines) is 1. The molecular weight excluding hydrogens is 362 g/mol. The minimum Gasteiger partial charge on any atom is -0.497 e. The van der Waals surface area contributed by atoms with Gasteiger partial charge in [-0.25, -0.2) is 0 Å². The zero-order valence-corrected chi connectivity index (χ0v) is 18.6. The van der Waals surface area contributed by atoms with Crippen molar-refractivity contribution in [3.8, 4) is 17.2 Å². The van der Waals surface area contributed by atoms with Crippen molar-refractivity contribution in [2.75, 3.05) is 20.2 Å². The molecule has 0 radical (unpaired) electrons. The van der Waals surface area contributed by atoms with Gasteiger partial charge >= 0.3 is 0 Å². The fourth-order valence-corrected chi connectivity index (χ4v) is 3.66. The second-order valence-corrected chi connectivity index (χ2v) is 7.28. The molecule has 4 nitrogen and oxygen atoms in total. The van der Waals surface area contributed by atoms with Gasteiger partial charge in [0.25, 0.3) is 0 Å². The largest absolute Gasteiger partial charge is 0.497 e. The fourth-order valence-electron chi connectivity index (χ4n) is 3.66. The number of benzene rings is 2. The molecule has 1 heterocycles. The Morgan fingerprint density at radius 1 is 0.931 bits per heavy atom. The Morgan fingerprint density at radius 2 is 1.48 bits per heavy atom. The Labute approximate surface area is 175 Å². The van der Waals surface area contributed by atoms with Crippen molar-refractivity contribution < 1.29 is 14.3 Å². The molecule has 2 aromatic rings. The smallest absolute Gasteiger partial charge is 0.222 e. The molecule has 1 fully saturated rings. The minimum atomic E-state index is 0.281. The molecule has 29 heavy (non-hydrogen) atoms. The summed E-state index contributed by atoms with van der Waals surface area (Å²) in [4.78, 5) is 14.4. The molecule has 0 unspecified atom stereocenters. The van der Waals surface area contributed by atoms with Crippen LogP contribution in [0.4, 0.5) is 0 Å². The Kier molecular flexibility index (Phi) is 9.04. The quantitative estimate of drug-likeness (QED) is 0.593. The predicted molar refractivity (Wildman–Crippen MR) is 119 cm³/mol. The minimum absolute atomic E-state index is 0.281. The number of piperidine rings is 1. The van der Waals surface area contributed by atoms with Crippen molar-refractivity contribution in [3.05, 3.63) is 53.1 Å². The summed E-state index contributed by atoms with van der Waals surface area (Å²) in [6, 6.07) is 11.9. The van der Waals surface area contributed by atoms with Gasteiger partial charge in [-0.15, -0.1) is 0 Å². The van der Waals surface area contributed by atoms with Crippen molar-refractivity contribution in [1.29, 1.82) is 0 Å². The number of aryl methyl sites for hydroxylation is 3. The summed E-state index contributed by atoms with van der Waals surface area (Å²) in [5.74, 6) is 2.76. The average Bonchev–Trinajstić information content (AvgIpc) is 2.77. The van der Waals surface area contributed by atoms with Crippen molar-refractivity contribution >= 4 is 5.91 Å². The third kappa shape index (κ3) is 6.52. The van der Waals surface area contributed by atoms with Crippen LogP contribution in [0.2, 0.25) is 0 Å². The summed E-state index contributed by atoms with van der Waals surface area (Å²) in [6.07, 6.45) is 4.89. The highest BCUT2D eigenvalue weighted by atomic mass is 16.5. The Hall–Kier alpha value is -2.49. The van der Waals surface area contributed by atoms with E-state index in [1.165, 1.54) is 12.0 Å². The van der Waals surface area contributed by atoms with Gasteiger partial charge in [-0.2, -0.15) is 0 Å². The van der Waals surface area contributed by atoms with Crippen LogP contribution in [0.25, 0.3) is 0 Å². The highest BCUT2D eigenvalue weighted by Crippen LogP contribution is 2.31.